The van der Waals surface area contributed by atoms with Gasteiger partial charge in [0, 0.05) is 6.20 Å². The van der Waals surface area contributed by atoms with E-state index in [0.717, 1.165) is 13.0 Å². The Hall–Kier alpha value is -1.36. The molecule has 1 aromatic rings. The lowest BCUT2D eigenvalue weighted by Gasteiger charge is -2.33. The highest BCUT2D eigenvalue weighted by Gasteiger charge is 2.19. The number of nitrogens with two attached hydrogens (primary N) is 1. The Morgan fingerprint density at radius 1 is 1.53 bits per heavy atom. The number of rotatable bonds is 1. The molecule has 1 unspecified atom stereocenters. The summed E-state index contributed by atoms with van der Waals surface area (Å²) in [7, 11) is 2.08. The molecule has 1 aliphatic heterocycles. The first-order valence-electron chi connectivity index (χ1n) is 5.22. The number of nitrogen functional groups attached to an aromatic ring is 1. The molecule has 0 radical (unpaired) electrons. The van der Waals surface area contributed by atoms with Gasteiger partial charge in [-0.05, 0) is 32.9 Å². The van der Waals surface area contributed by atoms with Crippen molar-refractivity contribution in [2.24, 2.45) is 0 Å². The molecule has 1 atom stereocenters. The maximum Gasteiger partial charge on any atom is 0.295 e. The van der Waals surface area contributed by atoms with E-state index in [0.29, 0.717) is 0 Å². The van der Waals surface area contributed by atoms with Gasteiger partial charge in [0.2, 0.25) is 0 Å². The van der Waals surface area contributed by atoms with Gasteiger partial charge >= 0.3 is 0 Å². The van der Waals surface area contributed by atoms with Gasteiger partial charge in [-0.2, -0.15) is 4.98 Å². The van der Waals surface area contributed by atoms with E-state index >= 15 is 0 Å². The van der Waals surface area contributed by atoms with E-state index in [1.54, 1.807) is 12.5 Å². The molecular weight excluding hydrogens is 192 g/mol. The molecule has 2 rings (SSSR count). The van der Waals surface area contributed by atoms with E-state index < -0.39 is 0 Å². The Balaban J connectivity index is 2.28. The molecule has 0 amide bonds. The Labute approximate surface area is 88.5 Å². The molecule has 2 heterocycles. The summed E-state index contributed by atoms with van der Waals surface area (Å²) in [6.07, 6.45) is 7.07. The molecule has 5 nitrogen and oxygen atoms in total. The van der Waals surface area contributed by atoms with E-state index in [-0.39, 0.29) is 17.4 Å². The summed E-state index contributed by atoms with van der Waals surface area (Å²) in [5.74, 6) is 0. The van der Waals surface area contributed by atoms with E-state index in [1.807, 2.05) is 4.57 Å². The van der Waals surface area contributed by atoms with Crippen LogP contribution in [0, 0.1) is 0 Å². The lowest BCUT2D eigenvalue weighted by Crippen LogP contribution is -2.34. The number of hydrogen-bond donors (Lipinski definition) is 1. The van der Waals surface area contributed by atoms with Crippen molar-refractivity contribution in [2.45, 2.75) is 25.4 Å². The summed E-state index contributed by atoms with van der Waals surface area (Å²) >= 11 is 0. The highest BCUT2D eigenvalue weighted by Crippen LogP contribution is 2.23. The summed E-state index contributed by atoms with van der Waals surface area (Å²) in [4.78, 5) is 17.1. The van der Waals surface area contributed by atoms with Crippen molar-refractivity contribution in [3.63, 3.8) is 0 Å². The SMILES string of the molecule is CN1CCCCC1n1cnc(=O)c(N)c1. The van der Waals surface area contributed by atoms with Gasteiger partial charge in [-0.25, -0.2) is 0 Å². The molecule has 0 aromatic carbocycles. The molecule has 1 saturated heterocycles. The number of likely N-dealkylation sites (tertiary alicyclic amines) is 1. The van der Waals surface area contributed by atoms with Crippen LogP contribution in [0.1, 0.15) is 25.4 Å². The molecule has 82 valence electrons. The lowest BCUT2D eigenvalue weighted by molar-refractivity contribution is 0.125. The summed E-state index contributed by atoms with van der Waals surface area (Å²) in [5, 5.41) is 0. The molecule has 0 spiro atoms. The molecule has 1 aliphatic rings. The van der Waals surface area contributed by atoms with Crippen molar-refractivity contribution < 1.29 is 0 Å². The first-order valence-corrected chi connectivity index (χ1v) is 5.22. The highest BCUT2D eigenvalue weighted by atomic mass is 16.1. The maximum absolute atomic E-state index is 11.1. The molecule has 5 heteroatoms. The average Bonchev–Trinajstić information content (AvgIpc) is 2.23. The molecule has 15 heavy (non-hydrogen) atoms. The first kappa shape index (κ1) is 10.2. The smallest absolute Gasteiger partial charge is 0.295 e. The van der Waals surface area contributed by atoms with Crippen LogP contribution in [0.25, 0.3) is 0 Å². The van der Waals surface area contributed by atoms with Gasteiger partial charge in [0.1, 0.15) is 12.0 Å². The van der Waals surface area contributed by atoms with Crippen LogP contribution in [0.3, 0.4) is 0 Å². The van der Waals surface area contributed by atoms with Crippen LogP contribution < -0.4 is 11.3 Å². The third kappa shape index (κ3) is 2.02. The predicted molar refractivity (Wildman–Crippen MR) is 58.4 cm³/mol. The van der Waals surface area contributed by atoms with Crippen molar-refractivity contribution in [3.8, 4) is 0 Å². The van der Waals surface area contributed by atoms with E-state index in [2.05, 4.69) is 16.9 Å². The van der Waals surface area contributed by atoms with E-state index in [1.165, 1.54) is 12.8 Å². The number of anilines is 1. The van der Waals surface area contributed by atoms with Crippen LogP contribution in [0.15, 0.2) is 17.3 Å². The van der Waals surface area contributed by atoms with Crippen LogP contribution in [0.5, 0.6) is 0 Å². The first-order chi connectivity index (χ1) is 7.18. The van der Waals surface area contributed by atoms with E-state index in [9.17, 15) is 4.79 Å². The zero-order chi connectivity index (χ0) is 10.8. The zero-order valence-corrected chi connectivity index (χ0v) is 8.89. The van der Waals surface area contributed by atoms with Crippen molar-refractivity contribution in [1.29, 1.82) is 0 Å². The minimum absolute atomic E-state index is 0.219. The van der Waals surface area contributed by atoms with Crippen molar-refractivity contribution >= 4 is 5.69 Å². The average molecular weight is 208 g/mol. The normalized spacial score (nSPS) is 22.9. The van der Waals surface area contributed by atoms with Crippen LogP contribution >= 0.6 is 0 Å². The third-order valence-electron chi connectivity index (χ3n) is 2.92. The van der Waals surface area contributed by atoms with Crippen LogP contribution in [-0.2, 0) is 0 Å². The fraction of sp³-hybridized carbons (Fsp3) is 0.600. The Bertz CT molecular complexity index is 401. The minimum atomic E-state index is -0.343. The number of nitrogens with zero attached hydrogens (tertiary/aromatic N) is 3. The lowest BCUT2D eigenvalue weighted by atomic mass is 10.1. The second-order valence-corrected chi connectivity index (χ2v) is 4.04. The van der Waals surface area contributed by atoms with Crippen molar-refractivity contribution in [3.05, 3.63) is 22.9 Å². The van der Waals surface area contributed by atoms with Gasteiger partial charge in [0.15, 0.2) is 0 Å². The fourth-order valence-electron chi connectivity index (χ4n) is 2.04. The molecular formula is C10H16N4O. The van der Waals surface area contributed by atoms with Gasteiger partial charge in [-0.3, -0.25) is 9.69 Å². The molecule has 0 saturated carbocycles. The van der Waals surface area contributed by atoms with Crippen LogP contribution in [0.4, 0.5) is 5.69 Å². The van der Waals surface area contributed by atoms with Gasteiger partial charge in [0.05, 0.1) is 6.17 Å². The third-order valence-corrected chi connectivity index (χ3v) is 2.92. The van der Waals surface area contributed by atoms with Crippen molar-refractivity contribution in [1.82, 2.24) is 14.5 Å². The molecule has 1 fully saturated rings. The second kappa shape index (κ2) is 4.02. The number of hydrogen-bond acceptors (Lipinski definition) is 4. The van der Waals surface area contributed by atoms with Crippen molar-refractivity contribution in [2.75, 3.05) is 19.3 Å². The summed E-state index contributed by atoms with van der Waals surface area (Å²) in [6.45, 7) is 1.08. The van der Waals surface area contributed by atoms with Gasteiger partial charge < -0.3 is 10.3 Å². The summed E-state index contributed by atoms with van der Waals surface area (Å²) in [6, 6.07) is 0. The zero-order valence-electron chi connectivity index (χ0n) is 8.89. The number of aromatic nitrogens is 2. The van der Waals surface area contributed by atoms with Crippen LogP contribution in [-0.4, -0.2) is 28.0 Å². The largest absolute Gasteiger partial charge is 0.393 e. The summed E-state index contributed by atoms with van der Waals surface area (Å²) < 4.78 is 1.93. The Morgan fingerprint density at radius 2 is 2.33 bits per heavy atom. The summed E-state index contributed by atoms with van der Waals surface area (Å²) in [5.41, 5.74) is 5.43. The van der Waals surface area contributed by atoms with E-state index in [4.69, 9.17) is 5.73 Å². The highest BCUT2D eigenvalue weighted by molar-refractivity contribution is 5.30. The monoisotopic (exact) mass is 208 g/mol. The second-order valence-electron chi connectivity index (χ2n) is 4.04. The predicted octanol–water partition coefficient (Wildman–Crippen LogP) is 0.440. The molecule has 2 N–H and O–H groups in total. The minimum Gasteiger partial charge on any atom is -0.393 e. The van der Waals surface area contributed by atoms with Gasteiger partial charge in [-0.15, -0.1) is 0 Å². The Morgan fingerprint density at radius 3 is 3.00 bits per heavy atom. The number of piperidine rings is 1. The molecule has 1 aromatic heterocycles. The molecule has 0 bridgehead atoms. The quantitative estimate of drug-likeness (QED) is 0.727. The Kier molecular flexibility index (Phi) is 2.73. The fourth-order valence-corrected chi connectivity index (χ4v) is 2.04. The van der Waals surface area contributed by atoms with Crippen LogP contribution in [0.2, 0.25) is 0 Å². The standard InChI is InChI=1S/C10H16N4O/c1-13-5-3-2-4-9(13)14-6-8(11)10(15)12-7-14/h6-7,9H,2-5,11H2,1H3. The topological polar surface area (TPSA) is 64.2 Å². The maximum atomic E-state index is 11.1. The van der Waals surface area contributed by atoms with Gasteiger partial charge in [-0.1, -0.05) is 0 Å². The molecule has 0 aliphatic carbocycles. The van der Waals surface area contributed by atoms with Gasteiger partial charge in [0.25, 0.3) is 5.56 Å².